The Hall–Kier alpha value is -2.20. The van der Waals surface area contributed by atoms with Gasteiger partial charge in [-0.3, -0.25) is 0 Å². The average molecular weight is 370 g/mol. The van der Waals surface area contributed by atoms with Gasteiger partial charge < -0.3 is 19.3 Å². The van der Waals surface area contributed by atoms with Crippen LogP contribution in [-0.4, -0.2) is 39.4 Å². The second-order valence-electron chi connectivity index (χ2n) is 7.16. The van der Waals surface area contributed by atoms with Crippen LogP contribution in [0.2, 0.25) is 0 Å². The van der Waals surface area contributed by atoms with E-state index in [4.69, 9.17) is 9.47 Å². The standard InChI is InChI=1S/C23H32N2O2/c1-3-5-18-27-21-12-10-20(11-13-21)19-24-14-16-25(17-15-24)22-8-6-7-9-23(22)26-4-2/h6-13H,3-5,14-19H2,1-2H3/p+1. The van der Waals surface area contributed by atoms with Crippen molar-refractivity contribution in [1.82, 2.24) is 0 Å². The Labute approximate surface area is 163 Å². The summed E-state index contributed by atoms with van der Waals surface area (Å²) in [6.45, 7) is 11.3. The van der Waals surface area contributed by atoms with Gasteiger partial charge >= 0.3 is 0 Å². The molecule has 0 radical (unpaired) electrons. The molecule has 0 atom stereocenters. The van der Waals surface area contributed by atoms with Crippen LogP contribution < -0.4 is 19.3 Å². The van der Waals surface area contributed by atoms with Gasteiger partial charge in [0.2, 0.25) is 0 Å². The summed E-state index contributed by atoms with van der Waals surface area (Å²) >= 11 is 0. The van der Waals surface area contributed by atoms with Crippen molar-refractivity contribution in [3.63, 3.8) is 0 Å². The van der Waals surface area contributed by atoms with Gasteiger partial charge in [0.1, 0.15) is 18.0 Å². The van der Waals surface area contributed by atoms with Crippen LogP contribution in [0.25, 0.3) is 0 Å². The maximum atomic E-state index is 5.80. The lowest BCUT2D eigenvalue weighted by molar-refractivity contribution is -0.914. The van der Waals surface area contributed by atoms with Crippen molar-refractivity contribution in [2.45, 2.75) is 33.2 Å². The van der Waals surface area contributed by atoms with E-state index in [0.29, 0.717) is 6.61 Å². The highest BCUT2D eigenvalue weighted by atomic mass is 16.5. The van der Waals surface area contributed by atoms with Gasteiger partial charge in [-0.1, -0.05) is 25.5 Å². The van der Waals surface area contributed by atoms with Crippen LogP contribution in [0.4, 0.5) is 5.69 Å². The molecular weight excluding hydrogens is 336 g/mol. The van der Waals surface area contributed by atoms with Crippen LogP contribution >= 0.6 is 0 Å². The fraction of sp³-hybridized carbons (Fsp3) is 0.478. The number of piperazine rings is 1. The van der Waals surface area contributed by atoms with Gasteiger partial charge in [0.25, 0.3) is 0 Å². The molecule has 0 spiro atoms. The number of rotatable bonds is 9. The van der Waals surface area contributed by atoms with E-state index >= 15 is 0 Å². The van der Waals surface area contributed by atoms with E-state index < -0.39 is 0 Å². The first kappa shape index (κ1) is 19.6. The summed E-state index contributed by atoms with van der Waals surface area (Å²) < 4.78 is 11.6. The van der Waals surface area contributed by atoms with E-state index in [-0.39, 0.29) is 0 Å². The summed E-state index contributed by atoms with van der Waals surface area (Å²) in [5.41, 5.74) is 2.61. The van der Waals surface area contributed by atoms with Crippen LogP contribution in [0.5, 0.6) is 11.5 Å². The Morgan fingerprint density at radius 3 is 2.37 bits per heavy atom. The Balaban J connectivity index is 1.50. The molecule has 27 heavy (non-hydrogen) atoms. The van der Waals surface area contributed by atoms with E-state index in [2.05, 4.69) is 54.3 Å². The number of unbranched alkanes of at least 4 members (excludes halogenated alkanes) is 1. The second-order valence-corrected chi connectivity index (χ2v) is 7.16. The smallest absolute Gasteiger partial charge is 0.142 e. The van der Waals surface area contributed by atoms with Gasteiger partial charge in [-0.25, -0.2) is 0 Å². The second kappa shape index (κ2) is 10.2. The molecule has 1 N–H and O–H groups in total. The third-order valence-corrected chi connectivity index (χ3v) is 5.12. The quantitative estimate of drug-likeness (QED) is 0.688. The van der Waals surface area contributed by atoms with E-state index in [1.165, 1.54) is 17.7 Å². The lowest BCUT2D eigenvalue weighted by Crippen LogP contribution is -3.13. The van der Waals surface area contributed by atoms with Crippen molar-refractivity contribution in [2.24, 2.45) is 0 Å². The Kier molecular flexibility index (Phi) is 7.40. The molecule has 1 heterocycles. The zero-order valence-corrected chi connectivity index (χ0v) is 16.7. The van der Waals surface area contributed by atoms with Gasteiger partial charge in [0.05, 0.1) is 45.1 Å². The Morgan fingerprint density at radius 1 is 0.926 bits per heavy atom. The lowest BCUT2D eigenvalue weighted by atomic mass is 10.1. The van der Waals surface area contributed by atoms with Crippen molar-refractivity contribution in [3.8, 4) is 11.5 Å². The number of ether oxygens (including phenoxy) is 2. The minimum atomic E-state index is 0.709. The maximum Gasteiger partial charge on any atom is 0.142 e. The minimum Gasteiger partial charge on any atom is -0.494 e. The summed E-state index contributed by atoms with van der Waals surface area (Å²) in [4.78, 5) is 4.10. The van der Waals surface area contributed by atoms with Crippen molar-refractivity contribution < 1.29 is 14.4 Å². The molecule has 4 heteroatoms. The highest BCUT2D eigenvalue weighted by Crippen LogP contribution is 2.27. The molecule has 1 aliphatic heterocycles. The van der Waals surface area contributed by atoms with Gasteiger partial charge in [-0.05, 0) is 49.7 Å². The fourth-order valence-electron chi connectivity index (χ4n) is 3.56. The minimum absolute atomic E-state index is 0.709. The molecule has 1 aliphatic rings. The van der Waals surface area contributed by atoms with Crippen LogP contribution in [-0.2, 0) is 6.54 Å². The van der Waals surface area contributed by atoms with Gasteiger partial charge in [-0.15, -0.1) is 0 Å². The molecule has 0 amide bonds. The van der Waals surface area contributed by atoms with Gasteiger partial charge in [0, 0.05) is 5.56 Å². The molecular formula is C23H33N2O2+. The predicted octanol–water partition coefficient (Wildman–Crippen LogP) is 3.17. The normalized spacial score (nSPS) is 15.0. The topological polar surface area (TPSA) is 26.1 Å². The molecule has 0 aliphatic carbocycles. The highest BCUT2D eigenvalue weighted by Gasteiger charge is 2.22. The van der Waals surface area contributed by atoms with Crippen molar-refractivity contribution in [3.05, 3.63) is 54.1 Å². The van der Waals surface area contributed by atoms with Crippen LogP contribution in [0, 0.1) is 0 Å². The monoisotopic (exact) mass is 369 g/mol. The van der Waals surface area contributed by atoms with Gasteiger partial charge in [-0.2, -0.15) is 0 Å². The maximum absolute atomic E-state index is 5.80. The average Bonchev–Trinajstić information content (AvgIpc) is 2.71. The van der Waals surface area contributed by atoms with Crippen LogP contribution in [0.15, 0.2) is 48.5 Å². The van der Waals surface area contributed by atoms with E-state index in [0.717, 1.165) is 57.3 Å². The largest absolute Gasteiger partial charge is 0.494 e. The molecule has 0 unspecified atom stereocenters. The number of quaternary nitrogens is 1. The molecule has 2 aromatic carbocycles. The number of benzene rings is 2. The third kappa shape index (κ3) is 5.64. The number of anilines is 1. The molecule has 0 bridgehead atoms. The molecule has 0 saturated carbocycles. The zero-order valence-electron chi connectivity index (χ0n) is 16.7. The van der Waals surface area contributed by atoms with E-state index in [1.807, 2.05) is 13.0 Å². The predicted molar refractivity (Wildman–Crippen MR) is 111 cm³/mol. The molecule has 1 fully saturated rings. The number of hydrogen-bond acceptors (Lipinski definition) is 3. The molecule has 4 nitrogen and oxygen atoms in total. The first-order valence-electron chi connectivity index (χ1n) is 10.3. The SMILES string of the molecule is CCCCOc1ccc(C[NH+]2CCN(c3ccccc3OCC)CC2)cc1. The number of nitrogens with one attached hydrogen (secondary N) is 1. The van der Waals surface area contributed by atoms with Crippen LogP contribution in [0.1, 0.15) is 32.3 Å². The van der Waals surface area contributed by atoms with Gasteiger partial charge in [0.15, 0.2) is 0 Å². The van der Waals surface area contributed by atoms with Crippen molar-refractivity contribution >= 4 is 5.69 Å². The van der Waals surface area contributed by atoms with Crippen molar-refractivity contribution in [2.75, 3.05) is 44.3 Å². The highest BCUT2D eigenvalue weighted by molar-refractivity contribution is 5.58. The zero-order chi connectivity index (χ0) is 18.9. The summed E-state index contributed by atoms with van der Waals surface area (Å²) in [5.74, 6) is 1.99. The number of para-hydroxylation sites is 2. The first-order valence-corrected chi connectivity index (χ1v) is 10.3. The Bertz CT molecular complexity index is 679. The molecule has 0 aromatic heterocycles. The number of hydrogen-bond donors (Lipinski definition) is 1. The van der Waals surface area contributed by atoms with Crippen molar-refractivity contribution in [1.29, 1.82) is 0 Å². The molecule has 3 rings (SSSR count). The summed E-state index contributed by atoms with van der Waals surface area (Å²) in [7, 11) is 0. The number of nitrogens with zero attached hydrogens (tertiary/aromatic N) is 1. The molecule has 146 valence electrons. The van der Waals surface area contributed by atoms with E-state index in [9.17, 15) is 0 Å². The molecule has 2 aromatic rings. The molecule has 1 saturated heterocycles. The summed E-state index contributed by atoms with van der Waals surface area (Å²) in [6, 6.07) is 17.0. The van der Waals surface area contributed by atoms with E-state index in [1.54, 1.807) is 4.90 Å². The van der Waals surface area contributed by atoms with Crippen LogP contribution in [0.3, 0.4) is 0 Å². The summed E-state index contributed by atoms with van der Waals surface area (Å²) in [6.07, 6.45) is 2.28. The third-order valence-electron chi connectivity index (χ3n) is 5.12. The lowest BCUT2D eigenvalue weighted by Gasteiger charge is -2.34. The summed E-state index contributed by atoms with van der Waals surface area (Å²) in [5, 5.41) is 0. The fourth-order valence-corrected chi connectivity index (χ4v) is 3.56. The first-order chi connectivity index (χ1) is 13.3. The Morgan fingerprint density at radius 2 is 1.67 bits per heavy atom.